The molecule has 108 valence electrons. The maximum atomic E-state index is 6.00. The van der Waals surface area contributed by atoms with Gasteiger partial charge < -0.3 is 10.1 Å². The normalized spacial score (nSPS) is 23.5. The van der Waals surface area contributed by atoms with Gasteiger partial charge in [0.1, 0.15) is 0 Å². The number of nitrogens with one attached hydrogen (secondary N) is 1. The first kappa shape index (κ1) is 15.9. The van der Waals surface area contributed by atoms with Gasteiger partial charge in [-0.2, -0.15) is 0 Å². The van der Waals surface area contributed by atoms with Crippen LogP contribution in [0.2, 0.25) is 0 Å². The molecule has 1 saturated heterocycles. The Morgan fingerprint density at radius 3 is 2.67 bits per heavy atom. The molecule has 0 bridgehead atoms. The molecule has 1 aliphatic rings. The molecule has 1 N–H and O–H groups in total. The molecule has 0 amide bonds. The molecule has 0 aromatic rings. The number of nitrogens with zero attached hydrogens (tertiary/aromatic N) is 1. The highest BCUT2D eigenvalue weighted by Gasteiger charge is 2.28. The van der Waals surface area contributed by atoms with Gasteiger partial charge in [0.05, 0.1) is 12.7 Å². The molecule has 0 spiro atoms. The summed E-state index contributed by atoms with van der Waals surface area (Å²) >= 11 is 0. The molecule has 2 unspecified atom stereocenters. The fourth-order valence-electron chi connectivity index (χ4n) is 2.70. The van der Waals surface area contributed by atoms with Crippen LogP contribution in [-0.4, -0.2) is 49.3 Å². The summed E-state index contributed by atoms with van der Waals surface area (Å²) in [7, 11) is 0. The molecule has 3 nitrogen and oxygen atoms in total. The average Bonchev–Trinajstić information content (AvgIpc) is 2.38. The molecule has 1 heterocycles. The number of hydrogen-bond donors (Lipinski definition) is 1. The zero-order valence-electron chi connectivity index (χ0n) is 12.7. The predicted molar refractivity (Wildman–Crippen MR) is 78.1 cm³/mol. The van der Waals surface area contributed by atoms with Gasteiger partial charge in [0.2, 0.25) is 0 Å². The fraction of sp³-hybridized carbons (Fsp3) is 1.00. The van der Waals surface area contributed by atoms with E-state index in [9.17, 15) is 0 Å². The molecule has 2 atom stereocenters. The lowest BCUT2D eigenvalue weighted by Crippen LogP contribution is -2.53. The summed E-state index contributed by atoms with van der Waals surface area (Å²) in [5.74, 6) is 0. The first-order valence-electron chi connectivity index (χ1n) is 7.78. The molecule has 0 aromatic heterocycles. The number of ether oxygens (including phenoxy) is 1. The minimum atomic E-state index is 0.373. The molecule has 18 heavy (non-hydrogen) atoms. The van der Waals surface area contributed by atoms with Gasteiger partial charge in [0.25, 0.3) is 0 Å². The van der Waals surface area contributed by atoms with E-state index < -0.39 is 0 Å². The van der Waals surface area contributed by atoms with Gasteiger partial charge >= 0.3 is 0 Å². The zero-order valence-corrected chi connectivity index (χ0v) is 12.7. The van der Waals surface area contributed by atoms with E-state index in [4.69, 9.17) is 4.74 Å². The highest BCUT2D eigenvalue weighted by molar-refractivity contribution is 4.83. The summed E-state index contributed by atoms with van der Waals surface area (Å²) in [6.45, 7) is 13.1. The van der Waals surface area contributed by atoms with E-state index in [1.165, 1.54) is 25.7 Å². The molecule has 1 fully saturated rings. The summed E-state index contributed by atoms with van der Waals surface area (Å²) in [6, 6.07) is 1.16. The topological polar surface area (TPSA) is 24.5 Å². The van der Waals surface area contributed by atoms with Crippen molar-refractivity contribution in [1.82, 2.24) is 10.2 Å². The lowest BCUT2D eigenvalue weighted by molar-refractivity contribution is -0.0565. The molecule has 0 aromatic carbocycles. The van der Waals surface area contributed by atoms with Crippen molar-refractivity contribution in [3.63, 3.8) is 0 Å². The summed E-state index contributed by atoms with van der Waals surface area (Å²) in [4.78, 5) is 2.54. The number of rotatable bonds is 8. The molecular weight excluding hydrogens is 224 g/mol. The van der Waals surface area contributed by atoms with Crippen molar-refractivity contribution in [3.05, 3.63) is 0 Å². The Labute approximate surface area is 113 Å². The van der Waals surface area contributed by atoms with Gasteiger partial charge in [-0.05, 0) is 26.8 Å². The third-order valence-corrected chi connectivity index (χ3v) is 3.89. The first-order chi connectivity index (χ1) is 8.69. The van der Waals surface area contributed by atoms with Crippen LogP contribution in [-0.2, 0) is 4.74 Å². The Morgan fingerprint density at radius 2 is 2.06 bits per heavy atom. The van der Waals surface area contributed by atoms with Crippen LogP contribution in [0.1, 0.15) is 53.4 Å². The minimum Gasteiger partial charge on any atom is -0.374 e. The van der Waals surface area contributed by atoms with Crippen molar-refractivity contribution in [2.45, 2.75) is 71.6 Å². The van der Waals surface area contributed by atoms with E-state index in [1.54, 1.807) is 0 Å². The van der Waals surface area contributed by atoms with Crippen molar-refractivity contribution >= 4 is 0 Å². The van der Waals surface area contributed by atoms with E-state index in [-0.39, 0.29) is 0 Å². The molecule has 3 heteroatoms. The molecule has 0 radical (unpaired) electrons. The SMILES string of the molecule is CCCCCC(NCC)C1CN(C(C)C)CCO1. The Kier molecular flexibility index (Phi) is 7.87. The van der Waals surface area contributed by atoms with Crippen molar-refractivity contribution in [2.24, 2.45) is 0 Å². The van der Waals surface area contributed by atoms with Crippen molar-refractivity contribution in [1.29, 1.82) is 0 Å². The Balaban J connectivity index is 2.44. The Morgan fingerprint density at radius 1 is 1.28 bits per heavy atom. The Hall–Kier alpha value is -0.120. The molecule has 1 rings (SSSR count). The van der Waals surface area contributed by atoms with Crippen LogP contribution in [0.5, 0.6) is 0 Å². The third kappa shape index (κ3) is 5.25. The maximum absolute atomic E-state index is 6.00. The van der Waals surface area contributed by atoms with Crippen LogP contribution < -0.4 is 5.32 Å². The van der Waals surface area contributed by atoms with Gasteiger partial charge in [0, 0.05) is 25.2 Å². The summed E-state index contributed by atoms with van der Waals surface area (Å²) in [5.41, 5.74) is 0. The van der Waals surface area contributed by atoms with Crippen LogP contribution in [0.25, 0.3) is 0 Å². The quantitative estimate of drug-likeness (QED) is 0.676. The standard InChI is InChI=1S/C15H32N2O/c1-5-7-8-9-14(16-6-2)15-12-17(13(3)4)10-11-18-15/h13-16H,5-12H2,1-4H3. The van der Waals surface area contributed by atoms with Crippen LogP contribution in [0.3, 0.4) is 0 Å². The third-order valence-electron chi connectivity index (χ3n) is 3.89. The predicted octanol–water partition coefficient (Wildman–Crippen LogP) is 2.65. The number of morpholine rings is 1. The largest absolute Gasteiger partial charge is 0.374 e. The minimum absolute atomic E-state index is 0.373. The molecule has 1 aliphatic heterocycles. The smallest absolute Gasteiger partial charge is 0.0855 e. The molecular formula is C15H32N2O. The second-order valence-corrected chi connectivity index (χ2v) is 5.66. The van der Waals surface area contributed by atoms with Crippen LogP contribution >= 0.6 is 0 Å². The van der Waals surface area contributed by atoms with E-state index in [0.29, 0.717) is 18.2 Å². The monoisotopic (exact) mass is 256 g/mol. The number of hydrogen-bond acceptors (Lipinski definition) is 3. The van der Waals surface area contributed by atoms with Crippen LogP contribution in [0.4, 0.5) is 0 Å². The average molecular weight is 256 g/mol. The van der Waals surface area contributed by atoms with E-state index in [0.717, 1.165) is 26.2 Å². The van der Waals surface area contributed by atoms with E-state index >= 15 is 0 Å². The van der Waals surface area contributed by atoms with Gasteiger partial charge in [-0.25, -0.2) is 0 Å². The lowest BCUT2D eigenvalue weighted by Gasteiger charge is -2.39. The van der Waals surface area contributed by atoms with Crippen LogP contribution in [0, 0.1) is 0 Å². The van der Waals surface area contributed by atoms with E-state index in [1.807, 2.05) is 0 Å². The summed E-state index contributed by atoms with van der Waals surface area (Å²) in [6.07, 6.45) is 5.57. The fourth-order valence-corrected chi connectivity index (χ4v) is 2.70. The maximum Gasteiger partial charge on any atom is 0.0855 e. The number of likely N-dealkylation sites (N-methyl/N-ethyl adjacent to an activating group) is 1. The van der Waals surface area contributed by atoms with Crippen LogP contribution in [0.15, 0.2) is 0 Å². The first-order valence-corrected chi connectivity index (χ1v) is 7.78. The highest BCUT2D eigenvalue weighted by Crippen LogP contribution is 2.16. The van der Waals surface area contributed by atoms with Gasteiger partial charge in [0.15, 0.2) is 0 Å². The lowest BCUT2D eigenvalue weighted by atomic mass is 10.0. The zero-order chi connectivity index (χ0) is 13.4. The van der Waals surface area contributed by atoms with Crippen molar-refractivity contribution in [3.8, 4) is 0 Å². The Bertz CT molecular complexity index is 209. The van der Waals surface area contributed by atoms with E-state index in [2.05, 4.69) is 37.9 Å². The van der Waals surface area contributed by atoms with Gasteiger partial charge in [-0.15, -0.1) is 0 Å². The second kappa shape index (κ2) is 8.89. The highest BCUT2D eigenvalue weighted by atomic mass is 16.5. The molecule has 0 aliphatic carbocycles. The van der Waals surface area contributed by atoms with Gasteiger partial charge in [-0.3, -0.25) is 4.90 Å². The summed E-state index contributed by atoms with van der Waals surface area (Å²) < 4.78 is 6.00. The van der Waals surface area contributed by atoms with Crippen molar-refractivity contribution in [2.75, 3.05) is 26.2 Å². The number of unbranched alkanes of at least 4 members (excludes halogenated alkanes) is 2. The van der Waals surface area contributed by atoms with Crippen molar-refractivity contribution < 1.29 is 4.74 Å². The summed E-state index contributed by atoms with van der Waals surface area (Å²) in [5, 5.41) is 3.62. The van der Waals surface area contributed by atoms with Gasteiger partial charge in [-0.1, -0.05) is 33.1 Å². The molecule has 0 saturated carbocycles. The second-order valence-electron chi connectivity index (χ2n) is 5.66.